The highest BCUT2D eigenvalue weighted by molar-refractivity contribution is 5.06. The molecule has 2 heterocycles. The first kappa shape index (κ1) is 11.7. The minimum atomic E-state index is 0.330. The van der Waals surface area contributed by atoms with Crippen molar-refractivity contribution in [2.24, 2.45) is 13.0 Å². The summed E-state index contributed by atoms with van der Waals surface area (Å²) in [5.41, 5.74) is 1.35. The van der Waals surface area contributed by atoms with Gasteiger partial charge in [0.1, 0.15) is 0 Å². The molecule has 3 heteroatoms. The summed E-state index contributed by atoms with van der Waals surface area (Å²) in [5.74, 6) is 0.469. The predicted molar refractivity (Wildman–Crippen MR) is 65.1 cm³/mol. The van der Waals surface area contributed by atoms with Crippen molar-refractivity contribution in [3.8, 4) is 0 Å². The van der Waals surface area contributed by atoms with Crippen molar-refractivity contribution in [1.29, 1.82) is 0 Å². The van der Waals surface area contributed by atoms with Crippen LogP contribution in [0, 0.1) is 5.92 Å². The Morgan fingerprint density at radius 3 is 2.88 bits per heavy atom. The van der Waals surface area contributed by atoms with Crippen LogP contribution in [-0.2, 0) is 13.6 Å². The predicted octanol–water partition coefficient (Wildman–Crippen LogP) is 1.62. The third-order valence-electron chi connectivity index (χ3n) is 3.78. The number of aliphatic hydroxyl groups is 1. The maximum Gasteiger partial charge on any atom is 0.0471 e. The van der Waals surface area contributed by atoms with Crippen LogP contribution < -0.4 is 0 Å². The molecule has 1 aliphatic rings. The molecule has 0 aliphatic carbocycles. The molecule has 0 radical (unpaired) electrons. The molecule has 1 aromatic heterocycles. The van der Waals surface area contributed by atoms with Crippen molar-refractivity contribution < 1.29 is 5.11 Å². The normalized spacial score (nSPS) is 27.2. The zero-order valence-electron chi connectivity index (χ0n) is 10.3. The molecule has 1 aliphatic heterocycles. The molecule has 0 bridgehead atoms. The molecular weight excluding hydrogens is 200 g/mol. The van der Waals surface area contributed by atoms with E-state index in [2.05, 4.69) is 41.8 Å². The Labute approximate surface area is 97.7 Å². The van der Waals surface area contributed by atoms with Gasteiger partial charge in [-0.2, -0.15) is 0 Å². The quantitative estimate of drug-likeness (QED) is 0.842. The van der Waals surface area contributed by atoms with Gasteiger partial charge in [-0.25, -0.2) is 0 Å². The highest BCUT2D eigenvalue weighted by atomic mass is 16.3. The van der Waals surface area contributed by atoms with E-state index in [0.29, 0.717) is 18.6 Å². The number of piperidine rings is 1. The lowest BCUT2D eigenvalue weighted by molar-refractivity contribution is 0.0756. The molecule has 0 saturated carbocycles. The first-order chi connectivity index (χ1) is 7.70. The van der Waals surface area contributed by atoms with Crippen LogP contribution in [0.3, 0.4) is 0 Å². The summed E-state index contributed by atoms with van der Waals surface area (Å²) in [5, 5.41) is 9.24. The molecule has 0 aromatic carbocycles. The number of aliphatic hydroxyl groups excluding tert-OH is 1. The van der Waals surface area contributed by atoms with E-state index >= 15 is 0 Å². The average molecular weight is 222 g/mol. The SMILES string of the molecule is C[C@H]1CC[C@H](CO)CN1Cc1cccn1C. The number of aryl methyl sites for hydroxylation is 1. The van der Waals surface area contributed by atoms with E-state index in [4.69, 9.17) is 0 Å². The van der Waals surface area contributed by atoms with Gasteiger partial charge in [-0.15, -0.1) is 0 Å². The van der Waals surface area contributed by atoms with E-state index in [0.717, 1.165) is 13.1 Å². The molecule has 1 saturated heterocycles. The van der Waals surface area contributed by atoms with Gasteiger partial charge in [-0.3, -0.25) is 4.90 Å². The molecule has 0 unspecified atom stereocenters. The van der Waals surface area contributed by atoms with Crippen molar-refractivity contribution in [2.75, 3.05) is 13.2 Å². The molecule has 2 rings (SSSR count). The first-order valence-electron chi connectivity index (χ1n) is 6.16. The van der Waals surface area contributed by atoms with Crippen LogP contribution in [0.15, 0.2) is 18.3 Å². The molecule has 3 nitrogen and oxygen atoms in total. The fraction of sp³-hybridized carbons (Fsp3) is 0.692. The van der Waals surface area contributed by atoms with Gasteiger partial charge in [-0.05, 0) is 37.8 Å². The highest BCUT2D eigenvalue weighted by Crippen LogP contribution is 2.23. The van der Waals surface area contributed by atoms with Crippen LogP contribution in [0.25, 0.3) is 0 Å². The molecule has 1 fully saturated rings. The second-order valence-electron chi connectivity index (χ2n) is 5.01. The van der Waals surface area contributed by atoms with E-state index in [1.54, 1.807) is 0 Å². The van der Waals surface area contributed by atoms with Crippen LogP contribution in [0.2, 0.25) is 0 Å². The fourth-order valence-corrected chi connectivity index (χ4v) is 2.50. The van der Waals surface area contributed by atoms with E-state index < -0.39 is 0 Å². The van der Waals surface area contributed by atoms with Gasteiger partial charge >= 0.3 is 0 Å². The maximum absolute atomic E-state index is 9.24. The molecule has 0 spiro atoms. The molecule has 2 atom stereocenters. The highest BCUT2D eigenvalue weighted by Gasteiger charge is 2.25. The Kier molecular flexibility index (Phi) is 3.66. The lowest BCUT2D eigenvalue weighted by atomic mass is 9.94. The third kappa shape index (κ3) is 2.47. The summed E-state index contributed by atoms with van der Waals surface area (Å²) in [4.78, 5) is 2.49. The van der Waals surface area contributed by atoms with Gasteiger partial charge in [0.25, 0.3) is 0 Å². The Morgan fingerprint density at radius 1 is 1.44 bits per heavy atom. The monoisotopic (exact) mass is 222 g/mol. The Morgan fingerprint density at radius 2 is 2.25 bits per heavy atom. The minimum absolute atomic E-state index is 0.330. The summed E-state index contributed by atoms with van der Waals surface area (Å²) < 4.78 is 2.18. The van der Waals surface area contributed by atoms with Crippen LogP contribution in [0.4, 0.5) is 0 Å². The molecule has 1 aromatic rings. The van der Waals surface area contributed by atoms with E-state index in [1.807, 2.05) is 0 Å². The maximum atomic E-state index is 9.24. The average Bonchev–Trinajstić information content (AvgIpc) is 2.68. The van der Waals surface area contributed by atoms with Crippen LogP contribution in [-0.4, -0.2) is 33.8 Å². The lowest BCUT2D eigenvalue weighted by Gasteiger charge is -2.37. The zero-order valence-corrected chi connectivity index (χ0v) is 10.3. The third-order valence-corrected chi connectivity index (χ3v) is 3.78. The number of aromatic nitrogens is 1. The molecule has 1 N–H and O–H groups in total. The van der Waals surface area contributed by atoms with Gasteiger partial charge in [0, 0.05) is 44.7 Å². The second-order valence-corrected chi connectivity index (χ2v) is 5.01. The fourth-order valence-electron chi connectivity index (χ4n) is 2.50. The van der Waals surface area contributed by atoms with Crippen LogP contribution in [0.5, 0.6) is 0 Å². The van der Waals surface area contributed by atoms with Gasteiger partial charge in [0.15, 0.2) is 0 Å². The summed E-state index contributed by atoms with van der Waals surface area (Å²) in [6, 6.07) is 4.90. The molecular formula is C13H22N2O. The first-order valence-corrected chi connectivity index (χ1v) is 6.16. The topological polar surface area (TPSA) is 28.4 Å². The van der Waals surface area contributed by atoms with E-state index in [9.17, 15) is 5.11 Å². The van der Waals surface area contributed by atoms with Crippen molar-refractivity contribution in [2.45, 2.75) is 32.4 Å². The van der Waals surface area contributed by atoms with Crippen molar-refractivity contribution in [3.05, 3.63) is 24.0 Å². The summed E-state index contributed by atoms with van der Waals surface area (Å²) >= 11 is 0. The smallest absolute Gasteiger partial charge is 0.0471 e. The van der Waals surface area contributed by atoms with Crippen LogP contribution in [0.1, 0.15) is 25.5 Å². The van der Waals surface area contributed by atoms with Crippen LogP contribution >= 0.6 is 0 Å². The number of hydrogen-bond donors (Lipinski definition) is 1. The number of rotatable bonds is 3. The van der Waals surface area contributed by atoms with E-state index in [1.165, 1.54) is 18.5 Å². The summed E-state index contributed by atoms with van der Waals surface area (Å²) in [6.45, 7) is 4.65. The second kappa shape index (κ2) is 5.02. The molecule has 16 heavy (non-hydrogen) atoms. The number of nitrogens with zero attached hydrogens (tertiary/aromatic N) is 2. The van der Waals surface area contributed by atoms with Crippen molar-refractivity contribution in [1.82, 2.24) is 9.47 Å². The van der Waals surface area contributed by atoms with E-state index in [-0.39, 0.29) is 0 Å². The van der Waals surface area contributed by atoms with Gasteiger partial charge < -0.3 is 9.67 Å². The summed E-state index contributed by atoms with van der Waals surface area (Å²) in [7, 11) is 2.09. The lowest BCUT2D eigenvalue weighted by Crippen LogP contribution is -2.42. The van der Waals surface area contributed by atoms with Gasteiger partial charge in [0.2, 0.25) is 0 Å². The van der Waals surface area contributed by atoms with Crippen molar-refractivity contribution >= 4 is 0 Å². The largest absolute Gasteiger partial charge is 0.396 e. The summed E-state index contributed by atoms with van der Waals surface area (Å²) in [6.07, 6.45) is 4.46. The molecule has 0 amide bonds. The van der Waals surface area contributed by atoms with Crippen molar-refractivity contribution in [3.63, 3.8) is 0 Å². The van der Waals surface area contributed by atoms with Gasteiger partial charge in [0.05, 0.1) is 0 Å². The zero-order chi connectivity index (χ0) is 11.5. The Balaban J connectivity index is 1.99. The minimum Gasteiger partial charge on any atom is -0.396 e. The standard InChI is InChI=1S/C13H22N2O/c1-11-5-6-12(10-16)8-15(11)9-13-4-3-7-14(13)2/h3-4,7,11-12,16H,5-6,8-10H2,1-2H3/t11-,12-/m0/s1. The van der Waals surface area contributed by atoms with Gasteiger partial charge in [-0.1, -0.05) is 0 Å². The number of likely N-dealkylation sites (tertiary alicyclic amines) is 1. The Hall–Kier alpha value is -0.800. The number of hydrogen-bond acceptors (Lipinski definition) is 2. The molecule has 90 valence electrons. The Bertz CT molecular complexity index is 334.